The highest BCUT2D eigenvalue weighted by molar-refractivity contribution is 6.01. The number of aliphatic hydroxyl groups excluding tert-OH is 1. The maximum Gasteiger partial charge on any atom is 0.250 e. The number of rotatable bonds is 5. The molecule has 7 heteroatoms. The van der Waals surface area contributed by atoms with Crippen molar-refractivity contribution in [2.75, 3.05) is 29.9 Å². The molecule has 0 atom stereocenters. The van der Waals surface area contributed by atoms with Crippen molar-refractivity contribution in [1.82, 2.24) is 14.5 Å². The molecule has 152 valence electrons. The molecule has 29 heavy (non-hydrogen) atoms. The van der Waals surface area contributed by atoms with Gasteiger partial charge in [0, 0.05) is 20.1 Å². The Hall–Kier alpha value is -3.19. The highest BCUT2D eigenvalue weighted by Gasteiger charge is 2.29. The van der Waals surface area contributed by atoms with Gasteiger partial charge in [-0.3, -0.25) is 4.79 Å². The Morgan fingerprint density at radius 2 is 2.00 bits per heavy atom. The number of β-amino-alcohol motifs (C(OH)–C–C–N with tert-alkyl or cyclic N) is 1. The van der Waals surface area contributed by atoms with E-state index in [9.17, 15) is 9.90 Å². The third kappa shape index (κ3) is 4.14. The first-order chi connectivity index (χ1) is 14.1. The molecule has 0 bridgehead atoms. The fraction of sp³-hybridized carbons (Fsp3) is 0.318. The molecule has 3 aromatic rings. The van der Waals surface area contributed by atoms with Crippen LogP contribution in [0.2, 0.25) is 0 Å². The summed E-state index contributed by atoms with van der Waals surface area (Å²) < 4.78 is 2.08. The van der Waals surface area contributed by atoms with Crippen LogP contribution < -0.4 is 9.80 Å². The molecule has 2 aromatic heterocycles. The Bertz CT molecular complexity index is 993. The van der Waals surface area contributed by atoms with E-state index >= 15 is 0 Å². The van der Waals surface area contributed by atoms with E-state index < -0.39 is 0 Å². The molecular weight excluding hydrogens is 366 g/mol. The van der Waals surface area contributed by atoms with E-state index in [0.29, 0.717) is 31.0 Å². The van der Waals surface area contributed by atoms with Gasteiger partial charge in [0.15, 0.2) is 5.65 Å². The fourth-order valence-corrected chi connectivity index (χ4v) is 3.21. The first-order valence-electron chi connectivity index (χ1n) is 9.80. The molecule has 3 heterocycles. The third-order valence-corrected chi connectivity index (χ3v) is 4.79. The summed E-state index contributed by atoms with van der Waals surface area (Å²) >= 11 is 0. The highest BCUT2D eigenvalue weighted by Crippen LogP contribution is 2.28. The van der Waals surface area contributed by atoms with Gasteiger partial charge in [0.25, 0.3) is 0 Å². The summed E-state index contributed by atoms with van der Waals surface area (Å²) in [5, 5.41) is 9.69. The van der Waals surface area contributed by atoms with Crippen molar-refractivity contribution in [3.63, 3.8) is 0 Å². The number of likely N-dealkylation sites (N-methyl/N-ethyl adjacent to an activating group) is 1. The van der Waals surface area contributed by atoms with Crippen molar-refractivity contribution in [3.05, 3.63) is 60.8 Å². The Morgan fingerprint density at radius 1 is 1.31 bits per heavy atom. The molecule has 0 spiro atoms. The maximum absolute atomic E-state index is 12.0. The number of benzene rings is 1. The fourth-order valence-electron chi connectivity index (χ4n) is 3.21. The molecule has 1 aliphatic heterocycles. The molecule has 1 fully saturated rings. The van der Waals surface area contributed by atoms with Gasteiger partial charge in [-0.25, -0.2) is 4.98 Å². The van der Waals surface area contributed by atoms with Crippen LogP contribution in [0.4, 0.5) is 11.6 Å². The molecule has 0 aliphatic carbocycles. The van der Waals surface area contributed by atoms with Gasteiger partial charge in [-0.1, -0.05) is 50.8 Å². The number of imidazole rings is 1. The van der Waals surface area contributed by atoms with Crippen molar-refractivity contribution < 1.29 is 9.90 Å². The van der Waals surface area contributed by atoms with Crippen molar-refractivity contribution in [1.29, 1.82) is 0 Å². The monoisotopic (exact) mass is 393 g/mol. The zero-order valence-corrected chi connectivity index (χ0v) is 17.1. The first-order valence-corrected chi connectivity index (χ1v) is 9.80. The number of pyridine rings is 1. The smallest absolute Gasteiger partial charge is 0.250 e. The number of nitrogens with zero attached hydrogens (tertiary/aromatic N) is 5. The van der Waals surface area contributed by atoms with Crippen molar-refractivity contribution >= 4 is 28.7 Å². The van der Waals surface area contributed by atoms with Gasteiger partial charge in [0.2, 0.25) is 11.9 Å². The van der Waals surface area contributed by atoms with E-state index in [1.165, 1.54) is 11.0 Å². The van der Waals surface area contributed by atoms with E-state index in [4.69, 9.17) is 0 Å². The quantitative estimate of drug-likeness (QED) is 0.675. The van der Waals surface area contributed by atoms with Gasteiger partial charge in [0.05, 0.1) is 30.0 Å². The van der Waals surface area contributed by atoms with Gasteiger partial charge in [-0.2, -0.15) is 4.98 Å². The van der Waals surface area contributed by atoms with Crippen molar-refractivity contribution in [2.24, 2.45) is 0 Å². The predicted octanol–water partition coefficient (Wildman–Crippen LogP) is 2.84. The second-order valence-corrected chi connectivity index (χ2v) is 6.68. The van der Waals surface area contributed by atoms with Crippen molar-refractivity contribution in [3.8, 4) is 0 Å². The second kappa shape index (κ2) is 8.87. The van der Waals surface area contributed by atoms with Crippen LogP contribution in [0, 0.1) is 0 Å². The number of aromatic nitrogens is 3. The summed E-state index contributed by atoms with van der Waals surface area (Å²) in [6, 6.07) is 12.0. The Labute approximate surface area is 170 Å². The third-order valence-electron chi connectivity index (χ3n) is 4.79. The van der Waals surface area contributed by atoms with E-state index in [1.807, 2.05) is 43.0 Å². The SMILES string of the molecule is C=CC(=O)N(C)c1cnc2nc(N3CC(O)C3)n(Cc3ccccc3)c2c1.CC. The largest absolute Gasteiger partial charge is 0.389 e. The second-order valence-electron chi connectivity index (χ2n) is 6.68. The van der Waals surface area contributed by atoms with Crippen LogP contribution >= 0.6 is 0 Å². The zero-order valence-electron chi connectivity index (χ0n) is 17.1. The molecular formula is C22H27N5O2. The average Bonchev–Trinajstić information content (AvgIpc) is 3.09. The van der Waals surface area contributed by atoms with E-state index in [0.717, 1.165) is 17.0 Å². The van der Waals surface area contributed by atoms with Gasteiger partial charge >= 0.3 is 0 Å². The van der Waals surface area contributed by atoms with Gasteiger partial charge in [-0.15, -0.1) is 0 Å². The highest BCUT2D eigenvalue weighted by atomic mass is 16.3. The number of amides is 1. The summed E-state index contributed by atoms with van der Waals surface area (Å²) in [6.45, 7) is 9.28. The van der Waals surface area contributed by atoms with E-state index in [1.54, 1.807) is 13.2 Å². The average molecular weight is 393 g/mol. The summed E-state index contributed by atoms with van der Waals surface area (Å²) in [4.78, 5) is 24.6. The molecule has 0 saturated carbocycles. The summed E-state index contributed by atoms with van der Waals surface area (Å²) in [5.74, 6) is 0.581. The minimum absolute atomic E-state index is 0.198. The molecule has 7 nitrogen and oxygen atoms in total. The number of fused-ring (bicyclic) bond motifs is 1. The van der Waals surface area contributed by atoms with Gasteiger partial charge in [-0.05, 0) is 17.7 Å². The molecule has 1 aromatic carbocycles. The molecule has 4 rings (SSSR count). The molecule has 1 aliphatic rings. The lowest BCUT2D eigenvalue weighted by Gasteiger charge is -2.36. The number of aliphatic hydroxyl groups is 1. The number of hydrogen-bond acceptors (Lipinski definition) is 5. The minimum Gasteiger partial charge on any atom is -0.389 e. The van der Waals surface area contributed by atoms with Gasteiger partial charge < -0.3 is 19.5 Å². The number of hydrogen-bond donors (Lipinski definition) is 1. The van der Waals surface area contributed by atoms with E-state index in [2.05, 4.69) is 33.2 Å². The standard InChI is InChI=1S/C20H21N5O2.C2H6/c1-3-18(27)23(2)15-9-17-19(21-10-15)22-20(24-12-16(26)13-24)25(17)11-14-7-5-4-6-8-14;1-2/h3-10,16,26H,1,11-13H2,2H3;1-2H3. The van der Waals surface area contributed by atoms with Crippen molar-refractivity contribution in [2.45, 2.75) is 26.5 Å². The van der Waals surface area contributed by atoms with Crippen LogP contribution in [0.15, 0.2) is 55.3 Å². The lowest BCUT2D eigenvalue weighted by Crippen LogP contribution is -2.51. The molecule has 1 saturated heterocycles. The zero-order chi connectivity index (χ0) is 21.0. The molecule has 1 N–H and O–H groups in total. The number of carbonyl (C=O) groups excluding carboxylic acids is 1. The van der Waals surface area contributed by atoms with Crippen LogP contribution in [0.1, 0.15) is 19.4 Å². The van der Waals surface area contributed by atoms with Crippen LogP contribution in [0.25, 0.3) is 11.2 Å². The summed E-state index contributed by atoms with van der Waals surface area (Å²) in [6.07, 6.45) is 2.59. The predicted molar refractivity (Wildman–Crippen MR) is 116 cm³/mol. The minimum atomic E-state index is -0.324. The first kappa shape index (κ1) is 20.5. The molecule has 1 amide bonds. The lowest BCUT2D eigenvalue weighted by molar-refractivity contribution is -0.113. The van der Waals surface area contributed by atoms with Crippen LogP contribution in [-0.2, 0) is 11.3 Å². The van der Waals surface area contributed by atoms with E-state index in [-0.39, 0.29) is 12.0 Å². The normalized spacial score (nSPS) is 13.4. The Balaban J connectivity index is 0.00000117. The summed E-state index contributed by atoms with van der Waals surface area (Å²) in [7, 11) is 1.69. The van der Waals surface area contributed by atoms with Gasteiger partial charge in [0.1, 0.15) is 0 Å². The van der Waals surface area contributed by atoms with Crippen LogP contribution in [0.5, 0.6) is 0 Å². The topological polar surface area (TPSA) is 74.5 Å². The lowest BCUT2D eigenvalue weighted by atomic mass is 10.2. The van der Waals surface area contributed by atoms with Crippen LogP contribution in [-0.4, -0.2) is 51.8 Å². The Kier molecular flexibility index (Phi) is 6.29. The maximum atomic E-state index is 12.0. The Morgan fingerprint density at radius 3 is 2.62 bits per heavy atom. The molecule has 0 unspecified atom stereocenters. The number of carbonyl (C=O) groups is 1. The molecule has 0 radical (unpaired) electrons. The number of anilines is 2. The summed E-state index contributed by atoms with van der Waals surface area (Å²) in [5.41, 5.74) is 3.28. The van der Waals surface area contributed by atoms with Crippen LogP contribution in [0.3, 0.4) is 0 Å².